The molecule has 1 aliphatic carbocycles. The molecular weight excluding hydrogens is 245 g/mol. The number of rotatable bonds is 2. The van der Waals surface area contributed by atoms with Gasteiger partial charge in [-0.05, 0) is 43.9 Å². The van der Waals surface area contributed by atoms with Crippen LogP contribution in [-0.2, 0) is 12.8 Å². The van der Waals surface area contributed by atoms with Crippen molar-refractivity contribution >= 4 is 11.6 Å². The third-order valence-corrected chi connectivity index (χ3v) is 3.39. The van der Waals surface area contributed by atoms with E-state index in [1.807, 2.05) is 6.92 Å². The van der Waals surface area contributed by atoms with Crippen LogP contribution in [0.2, 0.25) is 0 Å². The Morgan fingerprint density at radius 3 is 3.05 bits per heavy atom. The normalized spacial score (nSPS) is 13.4. The zero-order valence-corrected chi connectivity index (χ0v) is 10.6. The van der Waals surface area contributed by atoms with E-state index in [1.54, 1.807) is 6.07 Å². The first-order valence-corrected chi connectivity index (χ1v) is 6.29. The molecule has 98 valence electrons. The van der Waals surface area contributed by atoms with E-state index in [4.69, 9.17) is 0 Å². The summed E-state index contributed by atoms with van der Waals surface area (Å²) in [7, 11) is 0. The van der Waals surface area contributed by atoms with Gasteiger partial charge in [0, 0.05) is 11.3 Å². The van der Waals surface area contributed by atoms with Crippen molar-refractivity contribution in [1.29, 1.82) is 0 Å². The summed E-state index contributed by atoms with van der Waals surface area (Å²) in [6, 6.07) is 4.48. The van der Waals surface area contributed by atoms with Crippen molar-refractivity contribution in [3.05, 3.63) is 51.2 Å². The van der Waals surface area contributed by atoms with Crippen molar-refractivity contribution in [2.45, 2.75) is 26.2 Å². The fourth-order valence-corrected chi connectivity index (χ4v) is 2.36. The minimum atomic E-state index is -0.323. The smallest absolute Gasteiger partial charge is 0.255 e. The average Bonchev–Trinajstić information content (AvgIpc) is 2.82. The third-order valence-electron chi connectivity index (χ3n) is 3.39. The van der Waals surface area contributed by atoms with Gasteiger partial charge >= 0.3 is 0 Å². The number of halogens is 1. The van der Waals surface area contributed by atoms with Gasteiger partial charge in [0.1, 0.15) is 5.82 Å². The van der Waals surface area contributed by atoms with Gasteiger partial charge in [-0.15, -0.1) is 0 Å². The Kier molecular flexibility index (Phi) is 2.81. The summed E-state index contributed by atoms with van der Waals surface area (Å²) >= 11 is 0. The molecule has 0 bridgehead atoms. The zero-order valence-electron chi connectivity index (χ0n) is 10.6. The molecule has 3 rings (SSSR count). The van der Waals surface area contributed by atoms with Crippen LogP contribution in [-0.4, -0.2) is 9.97 Å². The summed E-state index contributed by atoms with van der Waals surface area (Å²) in [5.74, 6) is 0.0518. The van der Waals surface area contributed by atoms with Gasteiger partial charge in [-0.2, -0.15) is 0 Å². The molecule has 0 atom stereocenters. The number of aromatic nitrogens is 2. The van der Waals surface area contributed by atoms with Crippen LogP contribution in [0.3, 0.4) is 0 Å². The van der Waals surface area contributed by atoms with Gasteiger partial charge in [0.2, 0.25) is 5.95 Å². The molecule has 2 N–H and O–H groups in total. The maximum atomic E-state index is 13.2. The fraction of sp³-hybridized carbons (Fsp3) is 0.286. The monoisotopic (exact) mass is 259 g/mol. The van der Waals surface area contributed by atoms with Crippen LogP contribution in [0, 0.1) is 12.7 Å². The van der Waals surface area contributed by atoms with Gasteiger partial charge in [0.05, 0.1) is 5.69 Å². The third kappa shape index (κ3) is 2.23. The first kappa shape index (κ1) is 11.9. The van der Waals surface area contributed by atoms with Crippen molar-refractivity contribution in [3.8, 4) is 0 Å². The maximum Gasteiger partial charge on any atom is 0.255 e. The molecule has 1 heterocycles. The first-order chi connectivity index (χ1) is 9.13. The topological polar surface area (TPSA) is 57.8 Å². The first-order valence-electron chi connectivity index (χ1n) is 6.29. The Hall–Kier alpha value is -2.17. The van der Waals surface area contributed by atoms with E-state index in [9.17, 15) is 9.18 Å². The number of aryl methyl sites for hydroxylation is 2. The Bertz CT molecular complexity index is 694. The number of nitrogens with one attached hydrogen (secondary N) is 2. The number of aromatic amines is 1. The minimum Gasteiger partial charge on any atom is -0.325 e. The quantitative estimate of drug-likeness (QED) is 0.871. The summed E-state index contributed by atoms with van der Waals surface area (Å²) in [6.07, 6.45) is 2.58. The molecule has 0 aliphatic heterocycles. The van der Waals surface area contributed by atoms with Crippen LogP contribution >= 0.6 is 0 Å². The molecule has 0 radical (unpaired) electrons. The van der Waals surface area contributed by atoms with Crippen LogP contribution in [0.25, 0.3) is 0 Å². The number of H-pyrrole nitrogens is 1. The van der Waals surface area contributed by atoms with Gasteiger partial charge in [0.15, 0.2) is 0 Å². The summed E-state index contributed by atoms with van der Waals surface area (Å²) in [6.45, 7) is 1.87. The van der Waals surface area contributed by atoms with Gasteiger partial charge in [-0.3, -0.25) is 9.78 Å². The lowest BCUT2D eigenvalue weighted by Crippen LogP contribution is -2.16. The highest BCUT2D eigenvalue weighted by atomic mass is 19.1. The Balaban J connectivity index is 1.98. The average molecular weight is 259 g/mol. The highest BCUT2D eigenvalue weighted by Crippen LogP contribution is 2.21. The number of hydrogen-bond acceptors (Lipinski definition) is 3. The van der Waals surface area contributed by atoms with Crippen molar-refractivity contribution in [2.24, 2.45) is 0 Å². The fourth-order valence-electron chi connectivity index (χ4n) is 2.36. The molecule has 0 spiro atoms. The molecule has 0 fully saturated rings. The second-order valence-electron chi connectivity index (χ2n) is 4.78. The molecule has 1 aliphatic rings. The Labute approximate surface area is 109 Å². The van der Waals surface area contributed by atoms with Crippen LogP contribution in [0.5, 0.6) is 0 Å². The summed E-state index contributed by atoms with van der Waals surface area (Å²) in [4.78, 5) is 19.0. The molecule has 0 amide bonds. The number of anilines is 2. The van der Waals surface area contributed by atoms with E-state index in [1.165, 1.54) is 12.1 Å². The van der Waals surface area contributed by atoms with Gasteiger partial charge in [-0.25, -0.2) is 9.37 Å². The van der Waals surface area contributed by atoms with E-state index in [2.05, 4.69) is 15.3 Å². The van der Waals surface area contributed by atoms with E-state index in [0.717, 1.165) is 36.1 Å². The van der Waals surface area contributed by atoms with Crippen molar-refractivity contribution in [1.82, 2.24) is 9.97 Å². The Morgan fingerprint density at radius 1 is 1.37 bits per heavy atom. The molecule has 2 aromatic rings. The van der Waals surface area contributed by atoms with Crippen LogP contribution < -0.4 is 10.9 Å². The summed E-state index contributed by atoms with van der Waals surface area (Å²) in [5, 5.41) is 2.98. The van der Waals surface area contributed by atoms with Gasteiger partial charge in [0.25, 0.3) is 5.56 Å². The number of nitrogens with zero attached hydrogens (tertiary/aromatic N) is 1. The molecule has 19 heavy (non-hydrogen) atoms. The lowest BCUT2D eigenvalue weighted by molar-refractivity contribution is 0.628. The SMILES string of the molecule is Cc1ccc(F)cc1Nc1nc2c(c(=O)[nH]1)CCC2. The highest BCUT2D eigenvalue weighted by molar-refractivity contribution is 5.58. The maximum absolute atomic E-state index is 13.2. The van der Waals surface area contributed by atoms with Gasteiger partial charge in [-0.1, -0.05) is 6.07 Å². The Morgan fingerprint density at radius 2 is 2.21 bits per heavy atom. The predicted octanol–water partition coefficient (Wildman–Crippen LogP) is 2.45. The second-order valence-corrected chi connectivity index (χ2v) is 4.78. The van der Waals surface area contributed by atoms with Crippen LogP contribution in [0.4, 0.5) is 16.0 Å². The zero-order chi connectivity index (χ0) is 13.4. The number of fused-ring (bicyclic) bond motifs is 1. The van der Waals surface area contributed by atoms with E-state index >= 15 is 0 Å². The molecule has 1 aromatic heterocycles. The van der Waals surface area contributed by atoms with E-state index in [-0.39, 0.29) is 11.4 Å². The lowest BCUT2D eigenvalue weighted by Gasteiger charge is -2.09. The standard InChI is InChI=1S/C14H14FN3O/c1-8-5-6-9(15)7-12(8)17-14-16-11-4-2-3-10(11)13(19)18-14/h5-7H,2-4H2,1H3,(H2,16,17,18,19). The molecule has 0 saturated carbocycles. The van der Waals surface area contributed by atoms with E-state index < -0.39 is 0 Å². The van der Waals surface area contributed by atoms with Gasteiger partial charge < -0.3 is 5.32 Å². The lowest BCUT2D eigenvalue weighted by atomic mass is 10.2. The van der Waals surface area contributed by atoms with Crippen molar-refractivity contribution in [3.63, 3.8) is 0 Å². The van der Waals surface area contributed by atoms with Crippen LogP contribution in [0.1, 0.15) is 23.2 Å². The van der Waals surface area contributed by atoms with Crippen LogP contribution in [0.15, 0.2) is 23.0 Å². The number of benzene rings is 1. The van der Waals surface area contributed by atoms with Crippen molar-refractivity contribution < 1.29 is 4.39 Å². The second kappa shape index (κ2) is 4.50. The summed E-state index contributed by atoms with van der Waals surface area (Å²) < 4.78 is 13.2. The predicted molar refractivity (Wildman–Crippen MR) is 71.3 cm³/mol. The molecule has 0 saturated heterocycles. The molecule has 0 unspecified atom stereocenters. The highest BCUT2D eigenvalue weighted by Gasteiger charge is 2.17. The van der Waals surface area contributed by atoms with E-state index in [0.29, 0.717) is 11.6 Å². The summed E-state index contributed by atoms with van der Waals surface area (Å²) in [5.41, 5.74) is 3.03. The molecular formula is C14H14FN3O. The molecule has 4 nitrogen and oxygen atoms in total. The van der Waals surface area contributed by atoms with Crippen molar-refractivity contribution in [2.75, 3.05) is 5.32 Å². The minimum absolute atomic E-state index is 0.0981. The molecule has 1 aromatic carbocycles. The number of hydrogen-bond donors (Lipinski definition) is 2. The molecule has 5 heteroatoms. The largest absolute Gasteiger partial charge is 0.325 e.